The highest BCUT2D eigenvalue weighted by Crippen LogP contribution is 2.57. The summed E-state index contributed by atoms with van der Waals surface area (Å²) in [6.07, 6.45) is 7.58. The molecule has 0 fully saturated rings. The van der Waals surface area contributed by atoms with Crippen molar-refractivity contribution < 1.29 is 4.42 Å². The second-order valence-corrected chi connectivity index (χ2v) is 15.1. The van der Waals surface area contributed by atoms with Crippen LogP contribution in [-0.2, 0) is 5.41 Å². The van der Waals surface area contributed by atoms with Gasteiger partial charge in [-0.1, -0.05) is 165 Å². The van der Waals surface area contributed by atoms with E-state index in [1.165, 1.54) is 44.5 Å². The quantitative estimate of drug-likeness (QED) is 0.137. The van der Waals surface area contributed by atoms with Crippen molar-refractivity contribution >= 4 is 44.6 Å². The lowest BCUT2D eigenvalue weighted by Crippen LogP contribution is -2.28. The predicted octanol–water partition coefficient (Wildman–Crippen LogP) is 15.5. The summed E-state index contributed by atoms with van der Waals surface area (Å²) in [5, 5.41) is 2.27. The van der Waals surface area contributed by atoms with Crippen LogP contribution >= 0.6 is 0 Å². The SMILES string of the molecule is C/C=C\C(=C/CC)c1ccc(N(c2ccc(-c3ccc4oc5ccccc5c4c3)cc2)c2ccc3c(c2)C(c2ccccc2)(c2ccccc2)c2ccccc2-3)cc1. The summed E-state index contributed by atoms with van der Waals surface area (Å²) in [4.78, 5) is 2.41. The van der Waals surface area contributed by atoms with Gasteiger partial charge in [0.25, 0.3) is 0 Å². The molecule has 1 aromatic heterocycles. The van der Waals surface area contributed by atoms with Gasteiger partial charge in [0.15, 0.2) is 0 Å². The zero-order valence-corrected chi connectivity index (χ0v) is 32.8. The van der Waals surface area contributed by atoms with E-state index >= 15 is 0 Å². The third-order valence-electron chi connectivity index (χ3n) is 11.8. The summed E-state index contributed by atoms with van der Waals surface area (Å²) in [7, 11) is 0. The van der Waals surface area contributed by atoms with Crippen molar-refractivity contribution in [1.29, 1.82) is 0 Å². The number of rotatable bonds is 9. The maximum atomic E-state index is 6.15. The lowest BCUT2D eigenvalue weighted by Gasteiger charge is -2.35. The first-order chi connectivity index (χ1) is 28.7. The number of nitrogens with zero attached hydrogens (tertiary/aromatic N) is 1. The Balaban J connectivity index is 1.15. The second kappa shape index (κ2) is 14.7. The summed E-state index contributed by atoms with van der Waals surface area (Å²) in [5.41, 5.74) is 17.0. The Kier molecular flexibility index (Phi) is 8.96. The third-order valence-corrected chi connectivity index (χ3v) is 11.8. The molecule has 1 aliphatic rings. The minimum atomic E-state index is -0.494. The van der Waals surface area contributed by atoms with E-state index in [0.717, 1.165) is 56.5 Å². The smallest absolute Gasteiger partial charge is 0.135 e. The second-order valence-electron chi connectivity index (χ2n) is 15.1. The standard InChI is InChI=1S/C56H43NO/c1-3-15-39(16-4-2)40-25-30-45(31-26-40)57(46-32-27-41(28-33-46)42-29-36-55-51(37-42)50-22-12-14-24-54(50)58-55)47-34-35-49-48-21-11-13-23-52(48)56(53(49)38-47,43-17-7-5-8-18-43)44-19-9-6-10-20-44/h3,5-38H,4H2,1-2H3/b15-3-,39-16+. The molecule has 0 amide bonds. The number of benzene rings is 8. The molecule has 58 heavy (non-hydrogen) atoms. The summed E-state index contributed by atoms with van der Waals surface area (Å²) >= 11 is 0. The molecule has 0 saturated heterocycles. The van der Waals surface area contributed by atoms with Gasteiger partial charge in [-0.25, -0.2) is 0 Å². The van der Waals surface area contributed by atoms with E-state index in [4.69, 9.17) is 4.42 Å². The molecule has 8 aromatic carbocycles. The molecule has 1 heterocycles. The van der Waals surface area contributed by atoms with Crippen molar-refractivity contribution in [2.75, 3.05) is 4.90 Å². The number of hydrogen-bond acceptors (Lipinski definition) is 2. The molecule has 0 bridgehead atoms. The van der Waals surface area contributed by atoms with Crippen LogP contribution in [0.5, 0.6) is 0 Å². The monoisotopic (exact) mass is 745 g/mol. The molecule has 0 atom stereocenters. The Morgan fingerprint density at radius 1 is 0.517 bits per heavy atom. The van der Waals surface area contributed by atoms with E-state index in [2.05, 4.69) is 219 Å². The van der Waals surface area contributed by atoms with Gasteiger partial charge in [0.1, 0.15) is 11.2 Å². The Morgan fingerprint density at radius 2 is 1.10 bits per heavy atom. The van der Waals surface area contributed by atoms with Gasteiger partial charge < -0.3 is 9.32 Å². The topological polar surface area (TPSA) is 16.4 Å². The van der Waals surface area contributed by atoms with Crippen molar-refractivity contribution in [3.8, 4) is 22.3 Å². The van der Waals surface area contributed by atoms with E-state index in [0.29, 0.717) is 0 Å². The Labute approximate surface area is 340 Å². The van der Waals surface area contributed by atoms with Crippen LogP contribution in [0.25, 0.3) is 49.8 Å². The van der Waals surface area contributed by atoms with E-state index in [9.17, 15) is 0 Å². The average Bonchev–Trinajstić information content (AvgIpc) is 3.81. The zero-order valence-electron chi connectivity index (χ0n) is 32.8. The highest BCUT2D eigenvalue weighted by atomic mass is 16.3. The minimum absolute atomic E-state index is 0.494. The summed E-state index contributed by atoms with van der Waals surface area (Å²) in [6.45, 7) is 4.27. The molecular formula is C56H43NO. The fourth-order valence-corrected chi connectivity index (χ4v) is 9.21. The van der Waals surface area contributed by atoms with Crippen LogP contribution in [0.4, 0.5) is 17.1 Å². The molecular weight excluding hydrogens is 703 g/mol. The molecule has 10 rings (SSSR count). The molecule has 2 heteroatoms. The summed E-state index contributed by atoms with van der Waals surface area (Å²) in [6, 6.07) is 70.9. The van der Waals surface area contributed by atoms with Crippen LogP contribution in [0.2, 0.25) is 0 Å². The highest BCUT2D eigenvalue weighted by Gasteiger charge is 2.46. The van der Waals surface area contributed by atoms with Gasteiger partial charge in [-0.3, -0.25) is 0 Å². The van der Waals surface area contributed by atoms with Gasteiger partial charge in [-0.2, -0.15) is 0 Å². The maximum Gasteiger partial charge on any atom is 0.135 e. The first-order valence-corrected chi connectivity index (χ1v) is 20.3. The Morgan fingerprint density at radius 3 is 1.81 bits per heavy atom. The molecule has 0 N–H and O–H groups in total. The normalized spacial score (nSPS) is 13.2. The molecule has 0 unspecified atom stereocenters. The van der Waals surface area contributed by atoms with Gasteiger partial charge in [-0.05, 0) is 124 Å². The van der Waals surface area contributed by atoms with Crippen LogP contribution in [0, 0.1) is 0 Å². The van der Waals surface area contributed by atoms with E-state index in [1.807, 2.05) is 12.1 Å². The largest absolute Gasteiger partial charge is 0.456 e. The lowest BCUT2D eigenvalue weighted by atomic mass is 9.67. The van der Waals surface area contributed by atoms with E-state index in [1.54, 1.807) is 0 Å². The van der Waals surface area contributed by atoms with Crippen molar-refractivity contribution in [2.45, 2.75) is 25.7 Å². The molecule has 0 spiro atoms. The van der Waals surface area contributed by atoms with E-state index in [-0.39, 0.29) is 0 Å². The van der Waals surface area contributed by atoms with Gasteiger partial charge in [0.05, 0.1) is 5.41 Å². The molecule has 2 nitrogen and oxygen atoms in total. The third kappa shape index (κ3) is 5.80. The first-order valence-electron chi connectivity index (χ1n) is 20.3. The number of hydrogen-bond donors (Lipinski definition) is 0. The fourth-order valence-electron chi connectivity index (χ4n) is 9.21. The fraction of sp³-hybridized carbons (Fsp3) is 0.0714. The minimum Gasteiger partial charge on any atom is -0.456 e. The average molecular weight is 746 g/mol. The van der Waals surface area contributed by atoms with E-state index < -0.39 is 5.41 Å². The van der Waals surface area contributed by atoms with Gasteiger partial charge in [0, 0.05) is 27.8 Å². The lowest BCUT2D eigenvalue weighted by molar-refractivity contribution is 0.669. The van der Waals surface area contributed by atoms with Gasteiger partial charge in [0.2, 0.25) is 0 Å². The van der Waals surface area contributed by atoms with Gasteiger partial charge in [-0.15, -0.1) is 0 Å². The maximum absolute atomic E-state index is 6.15. The molecule has 0 aliphatic heterocycles. The van der Waals surface area contributed by atoms with Crippen LogP contribution in [-0.4, -0.2) is 0 Å². The Hall–Kier alpha value is -7.16. The Bertz CT molecular complexity index is 2930. The van der Waals surface area contributed by atoms with Crippen molar-refractivity contribution in [3.63, 3.8) is 0 Å². The van der Waals surface area contributed by atoms with Crippen LogP contribution in [0.1, 0.15) is 48.1 Å². The number of anilines is 3. The molecule has 9 aromatic rings. The molecule has 278 valence electrons. The number of furan rings is 1. The molecule has 0 saturated carbocycles. The number of fused-ring (bicyclic) bond motifs is 6. The summed E-state index contributed by atoms with van der Waals surface area (Å²) < 4.78 is 6.15. The number of para-hydroxylation sites is 1. The van der Waals surface area contributed by atoms with Crippen LogP contribution in [0.3, 0.4) is 0 Å². The summed E-state index contributed by atoms with van der Waals surface area (Å²) in [5.74, 6) is 0. The van der Waals surface area contributed by atoms with Crippen LogP contribution < -0.4 is 4.90 Å². The first kappa shape index (κ1) is 35.3. The molecule has 1 aliphatic carbocycles. The van der Waals surface area contributed by atoms with Crippen molar-refractivity contribution in [1.82, 2.24) is 0 Å². The highest BCUT2D eigenvalue weighted by molar-refractivity contribution is 6.06. The van der Waals surface area contributed by atoms with Crippen LogP contribution in [0.15, 0.2) is 217 Å². The van der Waals surface area contributed by atoms with Crippen molar-refractivity contribution in [3.05, 3.63) is 240 Å². The number of allylic oxidation sites excluding steroid dienone is 4. The van der Waals surface area contributed by atoms with Crippen molar-refractivity contribution in [2.24, 2.45) is 0 Å². The molecule has 0 radical (unpaired) electrons. The zero-order chi connectivity index (χ0) is 39.1. The van der Waals surface area contributed by atoms with Gasteiger partial charge >= 0.3 is 0 Å². The predicted molar refractivity (Wildman–Crippen MR) is 244 cm³/mol.